The fourth-order valence-electron chi connectivity index (χ4n) is 8.52. The third-order valence-electron chi connectivity index (χ3n) is 11.2. The summed E-state index contributed by atoms with van der Waals surface area (Å²) in [6, 6.07) is 63.0. The Morgan fingerprint density at radius 2 is 1.16 bits per heavy atom. The van der Waals surface area contributed by atoms with Gasteiger partial charge in [-0.15, -0.1) is 0 Å². The molecule has 1 atom stereocenters. The SMILES string of the molecule is C1=CCC2Oc3c(cccc3-c3ccc(N(c4ccc(-c5ccc6ccc7oc8ccccc8c7c6c5)cc4)c4ccccc4-c4ccccc4)cc3)C2=C1. The van der Waals surface area contributed by atoms with E-state index in [-0.39, 0.29) is 6.10 Å². The number of hydrogen-bond acceptors (Lipinski definition) is 3. The highest BCUT2D eigenvalue weighted by molar-refractivity contribution is 6.19. The molecule has 1 aliphatic carbocycles. The first kappa shape index (κ1) is 31.4. The van der Waals surface area contributed by atoms with E-state index in [4.69, 9.17) is 9.15 Å². The van der Waals surface area contributed by atoms with Gasteiger partial charge in [-0.2, -0.15) is 0 Å². The first-order chi connectivity index (χ1) is 27.3. The Bertz CT molecular complexity index is 2970. The molecule has 0 amide bonds. The van der Waals surface area contributed by atoms with E-state index in [1.807, 2.05) is 12.1 Å². The predicted octanol–water partition coefficient (Wildman–Crippen LogP) is 14.3. The Morgan fingerprint density at radius 3 is 2.02 bits per heavy atom. The Labute approximate surface area is 319 Å². The van der Waals surface area contributed by atoms with Gasteiger partial charge in [0, 0.05) is 50.8 Å². The average molecular weight is 706 g/mol. The van der Waals surface area contributed by atoms with Crippen LogP contribution >= 0.6 is 0 Å². The summed E-state index contributed by atoms with van der Waals surface area (Å²) in [7, 11) is 0. The van der Waals surface area contributed by atoms with E-state index in [1.165, 1.54) is 38.6 Å². The number of anilines is 3. The molecule has 260 valence electrons. The van der Waals surface area contributed by atoms with Crippen LogP contribution in [0.4, 0.5) is 17.1 Å². The molecule has 0 saturated carbocycles. The van der Waals surface area contributed by atoms with Crippen LogP contribution in [0.15, 0.2) is 199 Å². The van der Waals surface area contributed by atoms with Crippen molar-refractivity contribution in [3.63, 3.8) is 0 Å². The summed E-state index contributed by atoms with van der Waals surface area (Å²) >= 11 is 0. The zero-order valence-corrected chi connectivity index (χ0v) is 30.0. The fourth-order valence-corrected chi connectivity index (χ4v) is 8.52. The lowest BCUT2D eigenvalue weighted by atomic mass is 9.94. The van der Waals surface area contributed by atoms with Gasteiger partial charge < -0.3 is 14.1 Å². The number of nitrogens with zero attached hydrogens (tertiary/aromatic N) is 1. The summed E-state index contributed by atoms with van der Waals surface area (Å²) in [6.07, 6.45) is 7.52. The number of ether oxygens (including phenoxy) is 1. The molecule has 3 nitrogen and oxygen atoms in total. The third kappa shape index (κ3) is 5.27. The lowest BCUT2D eigenvalue weighted by molar-refractivity contribution is 0.280. The van der Waals surface area contributed by atoms with Crippen molar-refractivity contribution in [3.8, 4) is 39.1 Å². The van der Waals surface area contributed by atoms with Crippen LogP contribution in [-0.4, -0.2) is 6.10 Å². The minimum Gasteiger partial charge on any atom is -0.484 e. The van der Waals surface area contributed by atoms with Gasteiger partial charge in [0.1, 0.15) is 23.0 Å². The van der Waals surface area contributed by atoms with Gasteiger partial charge in [-0.3, -0.25) is 0 Å². The van der Waals surface area contributed by atoms with E-state index in [0.29, 0.717) is 0 Å². The molecule has 1 aliphatic heterocycles. The third-order valence-corrected chi connectivity index (χ3v) is 11.2. The summed E-state index contributed by atoms with van der Waals surface area (Å²) in [6.45, 7) is 0. The van der Waals surface area contributed by atoms with E-state index < -0.39 is 0 Å². The largest absolute Gasteiger partial charge is 0.484 e. The van der Waals surface area contributed by atoms with Crippen LogP contribution in [0.3, 0.4) is 0 Å². The molecule has 0 N–H and O–H groups in total. The van der Waals surface area contributed by atoms with Gasteiger partial charge in [0.05, 0.1) is 5.69 Å². The summed E-state index contributed by atoms with van der Waals surface area (Å²) in [5.41, 5.74) is 14.5. The lowest BCUT2D eigenvalue weighted by Gasteiger charge is -2.28. The van der Waals surface area contributed by atoms with Gasteiger partial charge >= 0.3 is 0 Å². The molecular weight excluding hydrogens is 671 g/mol. The molecule has 2 aliphatic rings. The van der Waals surface area contributed by atoms with Crippen molar-refractivity contribution >= 4 is 55.3 Å². The average Bonchev–Trinajstić information content (AvgIpc) is 3.84. The number of furan rings is 1. The normalized spacial score (nSPS) is 14.5. The molecule has 1 aromatic heterocycles. The van der Waals surface area contributed by atoms with E-state index in [1.54, 1.807) is 0 Å². The van der Waals surface area contributed by atoms with Crippen molar-refractivity contribution in [2.75, 3.05) is 4.90 Å². The summed E-state index contributed by atoms with van der Waals surface area (Å²) in [5.74, 6) is 0.979. The van der Waals surface area contributed by atoms with Crippen LogP contribution in [0.25, 0.3) is 71.7 Å². The minimum absolute atomic E-state index is 0.0921. The maximum absolute atomic E-state index is 6.55. The highest BCUT2D eigenvalue weighted by Gasteiger charge is 2.31. The van der Waals surface area contributed by atoms with Crippen LogP contribution in [0, 0.1) is 0 Å². The number of fused-ring (bicyclic) bond motifs is 8. The van der Waals surface area contributed by atoms with Crippen LogP contribution in [0.5, 0.6) is 5.75 Å². The molecule has 11 rings (SSSR count). The van der Waals surface area contributed by atoms with Crippen LogP contribution in [0.1, 0.15) is 12.0 Å². The van der Waals surface area contributed by atoms with E-state index in [0.717, 1.165) is 67.9 Å². The predicted molar refractivity (Wildman–Crippen MR) is 228 cm³/mol. The van der Waals surface area contributed by atoms with Gasteiger partial charge in [-0.05, 0) is 81.6 Å². The molecule has 2 heterocycles. The van der Waals surface area contributed by atoms with Crippen LogP contribution in [-0.2, 0) is 0 Å². The minimum atomic E-state index is 0.0921. The van der Waals surface area contributed by atoms with Gasteiger partial charge in [0.25, 0.3) is 0 Å². The second-order valence-corrected chi connectivity index (χ2v) is 14.4. The van der Waals surface area contributed by atoms with Crippen LogP contribution < -0.4 is 9.64 Å². The molecule has 9 aromatic rings. The molecule has 8 aromatic carbocycles. The van der Waals surface area contributed by atoms with Gasteiger partial charge in [0.2, 0.25) is 0 Å². The number of benzene rings is 8. The standard InChI is InChI=1S/C52H35NO2/c1-2-11-35(12-3-1)41-13-4-7-18-47(41)53(40-30-25-36(26-31-40)42-16-10-17-44-43-14-5-8-19-48(43)55-52(42)44)39-28-23-34(24-29-39)38-22-21-37-27-32-50-51(46(37)33-38)45-15-6-9-20-49(45)54-50/h1-18,20-33,48H,19H2. The van der Waals surface area contributed by atoms with Gasteiger partial charge in [-0.1, -0.05) is 146 Å². The molecule has 0 spiro atoms. The first-order valence-electron chi connectivity index (χ1n) is 18.9. The van der Waals surface area contributed by atoms with Crippen molar-refractivity contribution in [2.24, 2.45) is 0 Å². The molecule has 0 bridgehead atoms. The molecule has 3 heteroatoms. The summed E-state index contributed by atoms with van der Waals surface area (Å²) in [5, 5.41) is 4.71. The second-order valence-electron chi connectivity index (χ2n) is 14.4. The number of rotatable bonds is 6. The molecule has 0 radical (unpaired) electrons. The lowest BCUT2D eigenvalue weighted by Crippen LogP contribution is -2.12. The monoisotopic (exact) mass is 705 g/mol. The zero-order valence-electron chi connectivity index (χ0n) is 30.0. The number of para-hydroxylation sites is 3. The summed E-state index contributed by atoms with van der Waals surface area (Å²) < 4.78 is 12.8. The quantitative estimate of drug-likeness (QED) is 0.172. The van der Waals surface area contributed by atoms with Crippen molar-refractivity contribution in [3.05, 3.63) is 200 Å². The highest BCUT2D eigenvalue weighted by Crippen LogP contribution is 2.47. The van der Waals surface area contributed by atoms with Crippen molar-refractivity contribution in [2.45, 2.75) is 12.5 Å². The topological polar surface area (TPSA) is 25.6 Å². The Morgan fingerprint density at radius 1 is 0.491 bits per heavy atom. The first-order valence-corrected chi connectivity index (χ1v) is 18.9. The second kappa shape index (κ2) is 12.8. The summed E-state index contributed by atoms with van der Waals surface area (Å²) in [4.78, 5) is 2.37. The Balaban J connectivity index is 1.01. The molecular formula is C52H35NO2. The Kier molecular flexibility index (Phi) is 7.31. The van der Waals surface area contributed by atoms with Crippen LogP contribution in [0.2, 0.25) is 0 Å². The van der Waals surface area contributed by atoms with Crippen molar-refractivity contribution in [1.82, 2.24) is 0 Å². The number of allylic oxidation sites excluding steroid dienone is 2. The Hall–Kier alpha value is -7.10. The van der Waals surface area contributed by atoms with E-state index in [2.05, 4.69) is 187 Å². The zero-order chi connectivity index (χ0) is 36.3. The maximum Gasteiger partial charge on any atom is 0.136 e. The maximum atomic E-state index is 6.55. The molecule has 55 heavy (non-hydrogen) atoms. The number of hydrogen-bond donors (Lipinski definition) is 0. The van der Waals surface area contributed by atoms with Gasteiger partial charge in [-0.25, -0.2) is 0 Å². The van der Waals surface area contributed by atoms with Gasteiger partial charge in [0.15, 0.2) is 0 Å². The molecule has 0 fully saturated rings. The van der Waals surface area contributed by atoms with E-state index >= 15 is 0 Å². The smallest absolute Gasteiger partial charge is 0.136 e. The fraction of sp³-hybridized carbons (Fsp3) is 0.0385. The van der Waals surface area contributed by atoms with Crippen molar-refractivity contribution in [1.29, 1.82) is 0 Å². The molecule has 1 unspecified atom stereocenters. The van der Waals surface area contributed by atoms with E-state index in [9.17, 15) is 0 Å². The van der Waals surface area contributed by atoms with Crippen molar-refractivity contribution < 1.29 is 9.15 Å². The highest BCUT2D eigenvalue weighted by atomic mass is 16.5. The molecule has 0 saturated heterocycles.